The molecule has 0 N–H and O–H groups in total. The van der Waals surface area contributed by atoms with E-state index in [0.717, 1.165) is 0 Å². The molecule has 0 nitrogen and oxygen atoms in total. The van der Waals surface area contributed by atoms with Crippen molar-refractivity contribution in [2.75, 3.05) is 0 Å². The van der Waals surface area contributed by atoms with E-state index in [9.17, 15) is 0 Å². The Kier molecular flexibility index (Phi) is 67.2. The number of hydrogen-bond donors (Lipinski definition) is 0. The Morgan fingerprint density at radius 1 is 1.50 bits per heavy atom. The summed E-state index contributed by atoms with van der Waals surface area (Å²) in [6, 6.07) is 0. The number of hydrogen-bond acceptors (Lipinski definition) is 0. The molecule has 0 amide bonds. The van der Waals surface area contributed by atoms with Crippen LogP contribution in [0.4, 0.5) is 0 Å². The molecule has 0 aromatic carbocycles. The van der Waals surface area contributed by atoms with Crippen LogP contribution in [-0.4, -0.2) is 53.3 Å². The number of rotatable bonds is 0. The zero-order valence-corrected chi connectivity index (χ0v) is 10.6. The molecule has 0 fully saturated rings. The van der Waals surface area contributed by atoms with Gasteiger partial charge in [0.05, 0.1) is 0 Å². The maximum absolute atomic E-state index is 2.35. The Morgan fingerprint density at radius 3 is 1.50 bits per heavy atom. The van der Waals surface area contributed by atoms with Gasteiger partial charge in [-0.3, -0.25) is 0 Å². The molecule has 0 rings (SSSR count). The average Bonchev–Trinajstić information content (AvgIpc) is 1.00. The molecule has 0 spiro atoms. The summed E-state index contributed by atoms with van der Waals surface area (Å²) in [4.78, 5) is 0. The van der Waals surface area contributed by atoms with Gasteiger partial charge in [0.2, 0.25) is 0 Å². The molecular formula is H5CaPSeZn. The SMILES string of the molecule is P[SeH].[Ca+2].[H-].[H-].[Zn]. The molecule has 0 radical (unpaired) electrons. The van der Waals surface area contributed by atoms with Crippen molar-refractivity contribution in [1.29, 1.82) is 0 Å². The average molecular weight is 220 g/mol. The van der Waals surface area contributed by atoms with Gasteiger partial charge in [-0.05, 0) is 0 Å². The third-order valence-electron chi connectivity index (χ3n) is 0. The van der Waals surface area contributed by atoms with Gasteiger partial charge in [-0.15, -0.1) is 0 Å². The third kappa shape index (κ3) is 8.85. The maximum atomic E-state index is 2.35. The van der Waals surface area contributed by atoms with Crippen LogP contribution in [0.3, 0.4) is 0 Å². The standard InChI is InChI=1S/Ca.H3PSe.Zn.2H/c;1-2;;;/h;2H,1H2;;;/q+2;;;2*-1. The third-order valence-corrected chi connectivity index (χ3v) is 0. The van der Waals surface area contributed by atoms with Crippen molar-refractivity contribution in [2.24, 2.45) is 0 Å². The van der Waals surface area contributed by atoms with E-state index in [2.05, 4.69) is 23.5 Å². The van der Waals surface area contributed by atoms with Gasteiger partial charge >= 0.3 is 61.2 Å². The van der Waals surface area contributed by atoms with Crippen LogP contribution < -0.4 is 0 Å². The first-order valence-electron chi connectivity index (χ1n) is 0.258. The van der Waals surface area contributed by atoms with Gasteiger partial charge in [-0.1, -0.05) is 0 Å². The minimum Gasteiger partial charge on any atom is -1.00 e. The summed E-state index contributed by atoms with van der Waals surface area (Å²) in [6.07, 6.45) is 0. The smallest absolute Gasteiger partial charge is 1.00 e. The first-order valence-corrected chi connectivity index (χ1v) is 4.02. The van der Waals surface area contributed by atoms with Crippen LogP contribution in [0.1, 0.15) is 2.85 Å². The van der Waals surface area contributed by atoms with Gasteiger partial charge < -0.3 is 2.85 Å². The van der Waals surface area contributed by atoms with Crippen LogP contribution in [0.25, 0.3) is 0 Å². The van der Waals surface area contributed by atoms with Crippen molar-refractivity contribution >= 4 is 61.2 Å². The van der Waals surface area contributed by atoms with E-state index in [1.54, 1.807) is 0 Å². The fourth-order valence-corrected chi connectivity index (χ4v) is 0. The molecule has 0 saturated carbocycles. The Morgan fingerprint density at radius 2 is 1.50 bits per heavy atom. The maximum Gasteiger partial charge on any atom is 2.00 e. The van der Waals surface area contributed by atoms with Gasteiger partial charge in [0, 0.05) is 19.5 Å². The van der Waals surface area contributed by atoms with E-state index in [4.69, 9.17) is 0 Å². The molecule has 20 valence electrons. The van der Waals surface area contributed by atoms with Gasteiger partial charge in [-0.2, -0.15) is 0 Å². The quantitative estimate of drug-likeness (QED) is 0.382. The van der Waals surface area contributed by atoms with Crippen LogP contribution in [0, 0.1) is 0 Å². The minimum atomic E-state index is 0. The van der Waals surface area contributed by atoms with Gasteiger partial charge in [-0.25, -0.2) is 0 Å². The normalized spacial score (nSPS) is 1.50. The van der Waals surface area contributed by atoms with Crippen LogP contribution in [-0.2, 0) is 19.5 Å². The van der Waals surface area contributed by atoms with E-state index >= 15 is 0 Å². The topological polar surface area (TPSA) is 0 Å². The zero-order chi connectivity index (χ0) is 2.00. The molecule has 4 heteroatoms. The molecule has 0 saturated heterocycles. The molecule has 0 aliphatic carbocycles. The Hall–Kier alpha value is 2.83. The van der Waals surface area contributed by atoms with Crippen molar-refractivity contribution in [3.8, 4) is 0 Å². The summed E-state index contributed by atoms with van der Waals surface area (Å²) in [6.45, 7) is 0. The molecular weight excluding hydrogens is 215 g/mol. The first kappa shape index (κ1) is 15.8. The van der Waals surface area contributed by atoms with Crippen molar-refractivity contribution in [1.82, 2.24) is 0 Å². The molecule has 0 aliphatic rings. The van der Waals surface area contributed by atoms with E-state index in [1.807, 2.05) is 0 Å². The van der Waals surface area contributed by atoms with E-state index in [0.29, 0.717) is 0 Å². The predicted octanol–water partition coefficient (Wildman–Crippen LogP) is -0.481. The summed E-state index contributed by atoms with van der Waals surface area (Å²) in [5.41, 5.74) is 0. The van der Waals surface area contributed by atoms with Gasteiger partial charge in [0.1, 0.15) is 0 Å². The molecule has 1 atom stereocenters. The second kappa shape index (κ2) is 17.0. The summed E-state index contributed by atoms with van der Waals surface area (Å²) in [5, 5.41) is 0. The summed E-state index contributed by atoms with van der Waals surface area (Å²) in [5.74, 6) is 0. The van der Waals surface area contributed by atoms with Gasteiger partial charge in [0.25, 0.3) is 0 Å². The van der Waals surface area contributed by atoms with E-state index < -0.39 is 0 Å². The summed E-state index contributed by atoms with van der Waals surface area (Å²) < 4.78 is 0. The second-order valence-corrected chi connectivity index (χ2v) is 0. The molecule has 0 heterocycles. The molecule has 0 aromatic heterocycles. The second-order valence-electron chi connectivity index (χ2n) is 0. The van der Waals surface area contributed by atoms with E-state index in [-0.39, 0.29) is 60.1 Å². The largest absolute Gasteiger partial charge is 2.00 e. The summed E-state index contributed by atoms with van der Waals surface area (Å²) >= 11 is 2.23. The Balaban J connectivity index is -0.000000000833. The van der Waals surface area contributed by atoms with Crippen LogP contribution in [0.15, 0.2) is 0 Å². The molecule has 0 aliphatic heterocycles. The van der Waals surface area contributed by atoms with Crippen LogP contribution >= 0.6 is 7.93 Å². The van der Waals surface area contributed by atoms with Crippen LogP contribution in [0.2, 0.25) is 0 Å². The Bertz CT molecular complexity index is 13.5. The fraction of sp³-hybridized carbons (Fsp3) is 0. The monoisotopic (exact) mass is 220 g/mol. The molecule has 0 bridgehead atoms. The predicted molar refractivity (Wildman–Crippen MR) is 24.8 cm³/mol. The minimum absolute atomic E-state index is 0. The van der Waals surface area contributed by atoms with Crippen molar-refractivity contribution < 1.29 is 22.3 Å². The van der Waals surface area contributed by atoms with Crippen molar-refractivity contribution in [2.45, 2.75) is 0 Å². The molecule has 0 aromatic rings. The summed E-state index contributed by atoms with van der Waals surface area (Å²) in [7, 11) is 2.35. The Labute approximate surface area is 82.2 Å². The first-order chi connectivity index (χ1) is 1.00. The fourth-order valence-electron chi connectivity index (χ4n) is 0. The zero-order valence-electron chi connectivity index (χ0n) is 4.44. The van der Waals surface area contributed by atoms with Crippen molar-refractivity contribution in [3.63, 3.8) is 0 Å². The van der Waals surface area contributed by atoms with Crippen molar-refractivity contribution in [3.05, 3.63) is 0 Å². The van der Waals surface area contributed by atoms with Gasteiger partial charge in [0.15, 0.2) is 0 Å². The van der Waals surface area contributed by atoms with Crippen LogP contribution in [0.5, 0.6) is 0 Å². The molecule has 1 unspecified atom stereocenters. The van der Waals surface area contributed by atoms with E-state index in [1.165, 1.54) is 0 Å². The molecule has 4 heavy (non-hydrogen) atoms.